The Labute approximate surface area is 190 Å². The molecule has 1 saturated carbocycles. The summed E-state index contributed by atoms with van der Waals surface area (Å²) in [5, 5.41) is 0.594. The van der Waals surface area contributed by atoms with Crippen LogP contribution in [0.25, 0.3) is 16.6 Å². The van der Waals surface area contributed by atoms with E-state index in [-0.39, 0.29) is 23.4 Å². The van der Waals surface area contributed by atoms with Crippen LogP contribution >= 0.6 is 0 Å². The van der Waals surface area contributed by atoms with Crippen molar-refractivity contribution in [3.63, 3.8) is 0 Å². The van der Waals surface area contributed by atoms with Crippen molar-refractivity contribution in [3.05, 3.63) is 70.3 Å². The molecule has 0 bridgehead atoms. The minimum atomic E-state index is -0.249. The molecule has 0 radical (unpaired) electrons. The summed E-state index contributed by atoms with van der Waals surface area (Å²) in [5.74, 6) is 0.964. The third kappa shape index (κ3) is 4.21. The molecule has 168 valence electrons. The standard InChI is InChI=1S/C27H33N3O2/c1-4-17-29(26(31)20-12-6-7-13-20)24(5-2)25-28-23-16-9-8-15-22(23)27(32)30(25)21-14-10-11-19(3)18-21/h8-11,14-16,18,20,24H,4-7,12-13,17H2,1-3H3. The van der Waals surface area contributed by atoms with Crippen molar-refractivity contribution < 1.29 is 4.79 Å². The normalized spacial score (nSPS) is 15.2. The zero-order valence-electron chi connectivity index (χ0n) is 19.4. The molecule has 4 rings (SSSR count). The maximum absolute atomic E-state index is 13.7. The Balaban J connectivity index is 1.92. The smallest absolute Gasteiger partial charge is 0.266 e. The van der Waals surface area contributed by atoms with Gasteiger partial charge in [0.15, 0.2) is 0 Å². The van der Waals surface area contributed by atoms with Crippen molar-refractivity contribution in [2.45, 2.75) is 65.3 Å². The second-order valence-corrected chi connectivity index (χ2v) is 8.90. The fourth-order valence-electron chi connectivity index (χ4n) is 5.00. The van der Waals surface area contributed by atoms with Gasteiger partial charge in [0.25, 0.3) is 5.56 Å². The second-order valence-electron chi connectivity index (χ2n) is 8.90. The van der Waals surface area contributed by atoms with E-state index in [1.165, 1.54) is 0 Å². The number of hydrogen-bond donors (Lipinski definition) is 0. The van der Waals surface area contributed by atoms with Gasteiger partial charge in [-0.05, 0) is 62.4 Å². The summed E-state index contributed by atoms with van der Waals surface area (Å²) in [6.45, 7) is 6.87. The molecule has 0 N–H and O–H groups in total. The van der Waals surface area contributed by atoms with Gasteiger partial charge in [-0.2, -0.15) is 0 Å². The molecule has 5 heteroatoms. The van der Waals surface area contributed by atoms with E-state index in [1.807, 2.05) is 60.4 Å². The van der Waals surface area contributed by atoms with Crippen molar-refractivity contribution in [2.75, 3.05) is 6.54 Å². The van der Waals surface area contributed by atoms with Crippen molar-refractivity contribution in [1.29, 1.82) is 0 Å². The largest absolute Gasteiger partial charge is 0.332 e. The van der Waals surface area contributed by atoms with Crippen LogP contribution < -0.4 is 5.56 Å². The molecule has 1 atom stereocenters. The van der Waals surface area contributed by atoms with Gasteiger partial charge in [0.2, 0.25) is 5.91 Å². The zero-order valence-corrected chi connectivity index (χ0v) is 19.4. The van der Waals surface area contributed by atoms with Crippen LogP contribution in [0, 0.1) is 12.8 Å². The van der Waals surface area contributed by atoms with Gasteiger partial charge in [-0.15, -0.1) is 0 Å². The first-order valence-corrected chi connectivity index (χ1v) is 11.9. The topological polar surface area (TPSA) is 55.2 Å². The Hall–Kier alpha value is -2.95. The van der Waals surface area contributed by atoms with Crippen LogP contribution in [0.4, 0.5) is 0 Å². The van der Waals surface area contributed by atoms with Crippen molar-refractivity contribution in [3.8, 4) is 5.69 Å². The predicted molar refractivity (Wildman–Crippen MR) is 129 cm³/mol. The van der Waals surface area contributed by atoms with E-state index in [2.05, 4.69) is 13.8 Å². The van der Waals surface area contributed by atoms with E-state index in [0.717, 1.165) is 43.4 Å². The fourth-order valence-corrected chi connectivity index (χ4v) is 5.00. The van der Waals surface area contributed by atoms with Crippen LogP contribution in [0.3, 0.4) is 0 Å². The lowest BCUT2D eigenvalue weighted by molar-refractivity contribution is -0.138. The SMILES string of the molecule is CCCN(C(=O)C1CCCC1)C(CC)c1nc2ccccc2c(=O)n1-c1cccc(C)c1. The van der Waals surface area contributed by atoms with Gasteiger partial charge >= 0.3 is 0 Å². The monoisotopic (exact) mass is 431 g/mol. The number of benzene rings is 2. The summed E-state index contributed by atoms with van der Waals surface area (Å²) in [6.07, 6.45) is 5.74. The number of rotatable bonds is 7. The quantitative estimate of drug-likeness (QED) is 0.491. The minimum absolute atomic E-state index is 0.0839. The maximum Gasteiger partial charge on any atom is 0.266 e. The predicted octanol–water partition coefficient (Wildman–Crippen LogP) is 5.57. The number of aryl methyl sites for hydroxylation is 1. The van der Waals surface area contributed by atoms with E-state index in [0.29, 0.717) is 29.7 Å². The highest BCUT2D eigenvalue weighted by atomic mass is 16.2. The van der Waals surface area contributed by atoms with Crippen LogP contribution in [0.2, 0.25) is 0 Å². The van der Waals surface area contributed by atoms with Crippen LogP contribution in [0.1, 0.15) is 69.8 Å². The highest BCUT2D eigenvalue weighted by Gasteiger charge is 2.33. The Bertz CT molecular complexity index is 1160. The molecule has 3 aromatic rings. The number of amides is 1. The van der Waals surface area contributed by atoms with Crippen molar-refractivity contribution in [1.82, 2.24) is 14.5 Å². The number of carbonyl (C=O) groups excluding carboxylic acids is 1. The lowest BCUT2D eigenvalue weighted by atomic mass is 10.0. The summed E-state index contributed by atoms with van der Waals surface area (Å²) >= 11 is 0. The Morgan fingerprint density at radius 2 is 1.88 bits per heavy atom. The molecular formula is C27H33N3O2. The van der Waals surface area contributed by atoms with E-state index < -0.39 is 0 Å². The summed E-state index contributed by atoms with van der Waals surface area (Å²) in [6, 6.07) is 15.2. The third-order valence-electron chi connectivity index (χ3n) is 6.57. The van der Waals surface area contributed by atoms with Crippen LogP contribution in [0.15, 0.2) is 53.3 Å². The number of aromatic nitrogens is 2. The van der Waals surface area contributed by atoms with Gasteiger partial charge < -0.3 is 4.90 Å². The fraction of sp³-hybridized carbons (Fsp3) is 0.444. The highest BCUT2D eigenvalue weighted by Crippen LogP contribution is 2.32. The van der Waals surface area contributed by atoms with Gasteiger partial charge in [0.05, 0.1) is 22.6 Å². The third-order valence-corrected chi connectivity index (χ3v) is 6.57. The van der Waals surface area contributed by atoms with Crippen molar-refractivity contribution >= 4 is 16.8 Å². The minimum Gasteiger partial charge on any atom is -0.332 e. The first kappa shape index (κ1) is 22.3. The summed E-state index contributed by atoms with van der Waals surface area (Å²) in [7, 11) is 0. The molecule has 1 aliphatic rings. The number of fused-ring (bicyclic) bond motifs is 1. The number of nitrogens with zero attached hydrogens (tertiary/aromatic N) is 3. The first-order chi connectivity index (χ1) is 15.5. The number of para-hydroxylation sites is 1. The Morgan fingerprint density at radius 1 is 1.12 bits per heavy atom. The number of hydrogen-bond acceptors (Lipinski definition) is 3. The van der Waals surface area contributed by atoms with Gasteiger partial charge in [-0.3, -0.25) is 14.2 Å². The Kier molecular flexibility index (Phi) is 6.73. The van der Waals surface area contributed by atoms with Crippen LogP contribution in [0.5, 0.6) is 0 Å². The molecule has 1 heterocycles. The maximum atomic E-state index is 13.7. The van der Waals surface area contributed by atoms with Gasteiger partial charge in [-0.1, -0.05) is 51.0 Å². The average molecular weight is 432 g/mol. The first-order valence-electron chi connectivity index (χ1n) is 11.9. The van der Waals surface area contributed by atoms with E-state index in [9.17, 15) is 9.59 Å². The molecule has 1 aromatic heterocycles. The lowest BCUT2D eigenvalue weighted by Gasteiger charge is -2.34. The summed E-state index contributed by atoms with van der Waals surface area (Å²) in [4.78, 5) is 34.3. The molecule has 2 aromatic carbocycles. The van der Waals surface area contributed by atoms with Crippen molar-refractivity contribution in [2.24, 2.45) is 5.92 Å². The van der Waals surface area contributed by atoms with Gasteiger partial charge in [0, 0.05) is 12.5 Å². The van der Waals surface area contributed by atoms with E-state index >= 15 is 0 Å². The van der Waals surface area contributed by atoms with E-state index in [4.69, 9.17) is 4.98 Å². The molecule has 5 nitrogen and oxygen atoms in total. The second kappa shape index (κ2) is 9.68. The molecule has 0 saturated heterocycles. The Morgan fingerprint density at radius 3 is 2.56 bits per heavy atom. The molecular weight excluding hydrogens is 398 g/mol. The molecule has 1 unspecified atom stereocenters. The molecule has 0 spiro atoms. The summed E-state index contributed by atoms with van der Waals surface area (Å²) < 4.78 is 1.73. The molecule has 32 heavy (non-hydrogen) atoms. The molecule has 0 aliphatic heterocycles. The van der Waals surface area contributed by atoms with Gasteiger partial charge in [0.1, 0.15) is 5.82 Å². The summed E-state index contributed by atoms with van der Waals surface area (Å²) in [5.41, 5.74) is 2.47. The van der Waals surface area contributed by atoms with E-state index in [1.54, 1.807) is 4.57 Å². The average Bonchev–Trinajstić information content (AvgIpc) is 3.34. The highest BCUT2D eigenvalue weighted by molar-refractivity contribution is 5.80. The molecule has 1 fully saturated rings. The lowest BCUT2D eigenvalue weighted by Crippen LogP contribution is -2.41. The zero-order chi connectivity index (χ0) is 22.7. The van der Waals surface area contributed by atoms with Crippen LogP contribution in [-0.2, 0) is 4.79 Å². The van der Waals surface area contributed by atoms with Crippen LogP contribution in [-0.4, -0.2) is 26.9 Å². The number of carbonyl (C=O) groups is 1. The molecule has 1 amide bonds. The molecule has 1 aliphatic carbocycles. The van der Waals surface area contributed by atoms with Gasteiger partial charge in [-0.25, -0.2) is 4.98 Å².